The normalized spacial score (nSPS) is 19.0. The Kier molecular flexibility index (Phi) is 5.31. The number of amides is 1. The van der Waals surface area contributed by atoms with E-state index in [1.54, 1.807) is 6.07 Å². The fourth-order valence-electron chi connectivity index (χ4n) is 2.59. The van der Waals surface area contributed by atoms with Crippen molar-refractivity contribution < 1.29 is 9.53 Å². The maximum absolute atomic E-state index is 12.2. The first-order valence-corrected chi connectivity index (χ1v) is 7.60. The lowest BCUT2D eigenvalue weighted by molar-refractivity contribution is -0.0169. The Morgan fingerprint density at radius 3 is 2.76 bits per heavy atom. The summed E-state index contributed by atoms with van der Waals surface area (Å²) in [5.41, 5.74) is 1.30. The van der Waals surface area contributed by atoms with Crippen LogP contribution in [0.2, 0.25) is 0 Å². The molecule has 0 spiro atoms. The highest BCUT2D eigenvalue weighted by molar-refractivity contribution is 5.92. The van der Waals surface area contributed by atoms with E-state index in [9.17, 15) is 4.79 Å². The molecule has 1 aliphatic heterocycles. The van der Waals surface area contributed by atoms with E-state index < -0.39 is 0 Å². The van der Waals surface area contributed by atoms with Crippen molar-refractivity contribution in [1.29, 1.82) is 0 Å². The number of aryl methyl sites for hydroxylation is 1. The highest BCUT2D eigenvalue weighted by Gasteiger charge is 2.31. The van der Waals surface area contributed by atoms with Crippen molar-refractivity contribution in [2.45, 2.75) is 32.7 Å². The molecule has 1 aromatic rings. The van der Waals surface area contributed by atoms with Crippen molar-refractivity contribution in [1.82, 2.24) is 15.2 Å². The molecule has 2 heterocycles. The van der Waals surface area contributed by atoms with Gasteiger partial charge in [-0.1, -0.05) is 13.0 Å². The Hall–Kier alpha value is -1.46. The van der Waals surface area contributed by atoms with Crippen molar-refractivity contribution in [2.75, 3.05) is 32.8 Å². The molecule has 0 aromatic carbocycles. The van der Waals surface area contributed by atoms with Gasteiger partial charge in [0, 0.05) is 30.9 Å². The Balaban J connectivity index is 1.97. The number of nitrogens with one attached hydrogen (secondary N) is 1. The summed E-state index contributed by atoms with van der Waals surface area (Å²) in [6, 6.07) is 5.50. The molecule has 1 fully saturated rings. The molecule has 1 aliphatic rings. The van der Waals surface area contributed by atoms with Crippen molar-refractivity contribution >= 4 is 5.91 Å². The Bertz CT molecular complexity index is 486. The molecule has 0 saturated carbocycles. The zero-order chi connectivity index (χ0) is 15.3. The first kappa shape index (κ1) is 15.9. The van der Waals surface area contributed by atoms with E-state index in [-0.39, 0.29) is 11.4 Å². The number of hydrogen-bond acceptors (Lipinski definition) is 4. The summed E-state index contributed by atoms with van der Waals surface area (Å²) in [6.45, 7) is 10.2. The highest BCUT2D eigenvalue weighted by Crippen LogP contribution is 2.20. The van der Waals surface area contributed by atoms with Crippen LogP contribution in [-0.4, -0.2) is 54.2 Å². The van der Waals surface area contributed by atoms with Crippen molar-refractivity contribution in [3.05, 3.63) is 29.6 Å². The number of pyridine rings is 1. The third-order valence-corrected chi connectivity index (χ3v) is 4.29. The molecule has 0 unspecified atom stereocenters. The molecular formula is C16H25N3O2. The molecule has 21 heavy (non-hydrogen) atoms. The largest absolute Gasteiger partial charge is 0.379 e. The second-order valence-corrected chi connectivity index (χ2v) is 5.80. The molecule has 1 amide bonds. The molecule has 5 nitrogen and oxygen atoms in total. The van der Waals surface area contributed by atoms with Gasteiger partial charge in [0.1, 0.15) is 5.69 Å². The third-order valence-electron chi connectivity index (χ3n) is 4.29. The molecule has 1 atom stereocenters. The first-order chi connectivity index (χ1) is 10.0. The number of hydrogen-bond donors (Lipinski definition) is 1. The SMILES string of the molecule is CC[C@@](C)(CNC(=O)c1cccc(C)n1)N1CCOCC1. The Morgan fingerprint density at radius 1 is 1.43 bits per heavy atom. The smallest absolute Gasteiger partial charge is 0.269 e. The van der Waals surface area contributed by atoms with Gasteiger partial charge in [-0.3, -0.25) is 9.69 Å². The van der Waals surface area contributed by atoms with Gasteiger partial charge in [0.15, 0.2) is 0 Å². The van der Waals surface area contributed by atoms with Crippen LogP contribution in [0.5, 0.6) is 0 Å². The molecular weight excluding hydrogens is 266 g/mol. The zero-order valence-corrected chi connectivity index (χ0v) is 13.2. The van der Waals surface area contributed by atoms with Gasteiger partial charge in [-0.2, -0.15) is 0 Å². The maximum atomic E-state index is 12.2. The van der Waals surface area contributed by atoms with Crippen LogP contribution < -0.4 is 5.32 Å². The average Bonchev–Trinajstić information content (AvgIpc) is 2.53. The molecule has 5 heteroatoms. The van der Waals surface area contributed by atoms with E-state index in [4.69, 9.17) is 4.74 Å². The standard InChI is InChI=1S/C16H25N3O2/c1-4-16(3,19-8-10-21-11-9-19)12-17-15(20)14-7-5-6-13(2)18-14/h5-7H,4,8-12H2,1-3H3,(H,17,20)/t16-/m0/s1. The average molecular weight is 291 g/mol. The number of rotatable bonds is 5. The van der Waals surface area contributed by atoms with Gasteiger partial charge >= 0.3 is 0 Å². The van der Waals surface area contributed by atoms with E-state index in [0.29, 0.717) is 12.2 Å². The lowest BCUT2D eigenvalue weighted by Crippen LogP contribution is -2.56. The molecule has 2 rings (SSSR count). The molecule has 1 aromatic heterocycles. The molecule has 0 aliphatic carbocycles. The van der Waals surface area contributed by atoms with Crippen LogP contribution in [0.3, 0.4) is 0 Å². The summed E-state index contributed by atoms with van der Waals surface area (Å²) in [7, 11) is 0. The van der Waals surface area contributed by atoms with Crippen LogP contribution in [-0.2, 0) is 4.74 Å². The number of morpholine rings is 1. The highest BCUT2D eigenvalue weighted by atomic mass is 16.5. The number of aromatic nitrogens is 1. The fourth-order valence-corrected chi connectivity index (χ4v) is 2.59. The van der Waals surface area contributed by atoms with Crippen LogP contribution >= 0.6 is 0 Å². The molecule has 116 valence electrons. The zero-order valence-electron chi connectivity index (χ0n) is 13.2. The minimum atomic E-state index is -0.105. The topological polar surface area (TPSA) is 54.5 Å². The van der Waals surface area contributed by atoms with Gasteiger partial charge in [-0.25, -0.2) is 4.98 Å². The van der Waals surface area contributed by atoms with Gasteiger partial charge in [0.05, 0.1) is 13.2 Å². The van der Waals surface area contributed by atoms with Crippen LogP contribution in [0, 0.1) is 6.92 Å². The van der Waals surface area contributed by atoms with Crippen molar-refractivity contribution in [3.8, 4) is 0 Å². The molecule has 0 radical (unpaired) electrons. The van der Waals surface area contributed by atoms with E-state index in [2.05, 4.69) is 29.0 Å². The molecule has 1 saturated heterocycles. The summed E-state index contributed by atoms with van der Waals surface area (Å²) >= 11 is 0. The van der Waals surface area contributed by atoms with Gasteiger partial charge in [-0.05, 0) is 32.4 Å². The molecule has 0 bridgehead atoms. The summed E-state index contributed by atoms with van der Waals surface area (Å²) in [4.78, 5) is 18.9. The van der Waals surface area contributed by atoms with E-state index >= 15 is 0 Å². The predicted octanol–water partition coefficient (Wildman–Crippen LogP) is 1.62. The Labute approximate surface area is 126 Å². The second-order valence-electron chi connectivity index (χ2n) is 5.80. The number of carbonyl (C=O) groups is 1. The van der Waals surface area contributed by atoms with E-state index in [0.717, 1.165) is 38.4 Å². The lowest BCUT2D eigenvalue weighted by Gasteiger charge is -2.43. The van der Waals surface area contributed by atoms with Gasteiger partial charge in [-0.15, -0.1) is 0 Å². The quantitative estimate of drug-likeness (QED) is 0.895. The summed E-state index contributed by atoms with van der Waals surface area (Å²) < 4.78 is 5.41. The maximum Gasteiger partial charge on any atom is 0.269 e. The van der Waals surface area contributed by atoms with Crippen molar-refractivity contribution in [3.63, 3.8) is 0 Å². The fraction of sp³-hybridized carbons (Fsp3) is 0.625. The van der Waals surface area contributed by atoms with Crippen LogP contribution in [0.25, 0.3) is 0 Å². The summed E-state index contributed by atoms with van der Waals surface area (Å²) in [6.07, 6.45) is 0.981. The number of ether oxygens (including phenoxy) is 1. The summed E-state index contributed by atoms with van der Waals surface area (Å²) in [5, 5.41) is 3.03. The Morgan fingerprint density at radius 2 is 2.14 bits per heavy atom. The number of carbonyl (C=O) groups excluding carboxylic acids is 1. The summed E-state index contributed by atoms with van der Waals surface area (Å²) in [5.74, 6) is -0.105. The first-order valence-electron chi connectivity index (χ1n) is 7.60. The lowest BCUT2D eigenvalue weighted by atomic mass is 9.95. The second kappa shape index (κ2) is 7.00. The van der Waals surface area contributed by atoms with Gasteiger partial charge < -0.3 is 10.1 Å². The minimum Gasteiger partial charge on any atom is -0.379 e. The van der Waals surface area contributed by atoms with E-state index in [1.807, 2.05) is 19.1 Å². The van der Waals surface area contributed by atoms with E-state index in [1.165, 1.54) is 0 Å². The monoisotopic (exact) mass is 291 g/mol. The number of nitrogens with zero attached hydrogens (tertiary/aromatic N) is 2. The van der Waals surface area contributed by atoms with Crippen LogP contribution in [0.15, 0.2) is 18.2 Å². The van der Waals surface area contributed by atoms with Crippen LogP contribution in [0.4, 0.5) is 0 Å². The predicted molar refractivity (Wildman–Crippen MR) is 82.4 cm³/mol. The van der Waals surface area contributed by atoms with Crippen molar-refractivity contribution in [2.24, 2.45) is 0 Å². The third kappa shape index (κ3) is 4.02. The minimum absolute atomic E-state index is 0.0384. The van der Waals surface area contributed by atoms with Gasteiger partial charge in [0.25, 0.3) is 5.91 Å². The van der Waals surface area contributed by atoms with Crippen LogP contribution in [0.1, 0.15) is 36.5 Å². The molecule has 1 N–H and O–H groups in total. The van der Waals surface area contributed by atoms with Gasteiger partial charge in [0.2, 0.25) is 0 Å².